The van der Waals surface area contributed by atoms with Crippen LogP contribution in [-0.2, 0) is 23.6 Å². The fourth-order valence-corrected chi connectivity index (χ4v) is 2.76. The molecule has 0 aliphatic carbocycles. The number of nitrogens with one attached hydrogen (secondary N) is 1. The summed E-state index contributed by atoms with van der Waals surface area (Å²) in [5.41, 5.74) is 1.74. The van der Waals surface area contributed by atoms with Gasteiger partial charge in [-0.3, -0.25) is 4.68 Å². The van der Waals surface area contributed by atoms with Gasteiger partial charge in [-0.05, 0) is 19.8 Å². The van der Waals surface area contributed by atoms with Gasteiger partial charge in [0.2, 0.25) is 10.0 Å². The summed E-state index contributed by atoms with van der Waals surface area (Å²) in [4.78, 5) is 0. The molecule has 1 rings (SSSR count). The summed E-state index contributed by atoms with van der Waals surface area (Å²) in [7, 11) is -1.39. The van der Waals surface area contributed by atoms with Crippen LogP contribution in [0, 0.1) is 6.92 Å². The lowest BCUT2D eigenvalue weighted by atomic mass is 10.3. The minimum Gasteiger partial charge on any atom is -0.275 e. The highest BCUT2D eigenvalue weighted by Gasteiger charge is 2.11. The maximum atomic E-state index is 11.6. The Kier molecular flexibility index (Phi) is 5.42. The van der Waals surface area contributed by atoms with Gasteiger partial charge in [0.1, 0.15) is 0 Å². The second-order valence-electron chi connectivity index (χ2n) is 3.95. The largest absolute Gasteiger partial charge is 0.275 e. The van der Waals surface area contributed by atoms with E-state index in [9.17, 15) is 8.42 Å². The van der Waals surface area contributed by atoms with Crippen LogP contribution in [0.4, 0.5) is 0 Å². The Morgan fingerprint density at radius 1 is 1.47 bits per heavy atom. The Bertz CT molecular complexity index is 456. The number of nitrogens with zero attached hydrogens (tertiary/aromatic N) is 2. The predicted molar refractivity (Wildman–Crippen MR) is 68.5 cm³/mol. The van der Waals surface area contributed by atoms with E-state index in [1.165, 1.54) is 0 Å². The van der Waals surface area contributed by atoms with Crippen molar-refractivity contribution in [3.05, 3.63) is 17.5 Å². The Labute approximate surface area is 107 Å². The van der Waals surface area contributed by atoms with Crippen molar-refractivity contribution in [2.75, 3.05) is 11.6 Å². The first-order chi connectivity index (χ1) is 7.94. The van der Waals surface area contributed by atoms with E-state index in [0.717, 1.165) is 11.3 Å². The lowest BCUT2D eigenvalue weighted by Crippen LogP contribution is -2.26. The number of rotatable bonds is 7. The third kappa shape index (κ3) is 5.06. The summed E-state index contributed by atoms with van der Waals surface area (Å²) < 4.78 is 27.5. The molecule has 0 aromatic carbocycles. The van der Waals surface area contributed by atoms with E-state index < -0.39 is 10.0 Å². The Morgan fingerprint density at radius 2 is 2.18 bits per heavy atom. The highest BCUT2D eigenvalue weighted by Crippen LogP contribution is 2.05. The SMILES string of the molecule is Cc1nn(C)cc1CNS(=O)(=O)CCCCCl. The molecule has 17 heavy (non-hydrogen) atoms. The number of aromatic nitrogens is 2. The van der Waals surface area contributed by atoms with Gasteiger partial charge in [-0.1, -0.05) is 0 Å². The number of sulfonamides is 1. The molecule has 1 heterocycles. The fourth-order valence-electron chi connectivity index (χ4n) is 1.47. The molecule has 1 aromatic rings. The molecule has 98 valence electrons. The number of halogens is 1. The molecule has 0 amide bonds. The van der Waals surface area contributed by atoms with Crippen LogP contribution in [0.5, 0.6) is 0 Å². The number of hydrogen-bond acceptors (Lipinski definition) is 3. The molecule has 5 nitrogen and oxygen atoms in total. The fraction of sp³-hybridized carbons (Fsp3) is 0.700. The smallest absolute Gasteiger partial charge is 0.211 e. The second-order valence-corrected chi connectivity index (χ2v) is 6.25. The molecule has 1 aromatic heterocycles. The van der Waals surface area contributed by atoms with Crippen molar-refractivity contribution in [3.63, 3.8) is 0 Å². The maximum absolute atomic E-state index is 11.6. The van der Waals surface area contributed by atoms with Gasteiger partial charge in [-0.2, -0.15) is 5.10 Å². The molecule has 7 heteroatoms. The van der Waals surface area contributed by atoms with Crippen LogP contribution in [0.3, 0.4) is 0 Å². The number of unbranched alkanes of at least 4 members (excludes halogenated alkanes) is 1. The number of alkyl halides is 1. The molecule has 0 spiro atoms. The molecular weight excluding hydrogens is 262 g/mol. The molecule has 0 aliphatic heterocycles. The molecule has 0 fully saturated rings. The predicted octanol–water partition coefficient (Wildman–Crippen LogP) is 1.17. The van der Waals surface area contributed by atoms with Gasteiger partial charge in [0.25, 0.3) is 0 Å². The molecule has 0 bridgehead atoms. The molecule has 0 unspecified atom stereocenters. The summed E-state index contributed by atoms with van der Waals surface area (Å²) >= 11 is 5.50. The van der Waals surface area contributed by atoms with Crippen LogP contribution in [-0.4, -0.2) is 29.8 Å². The van der Waals surface area contributed by atoms with E-state index >= 15 is 0 Å². The third-order valence-electron chi connectivity index (χ3n) is 2.39. The number of hydrogen-bond donors (Lipinski definition) is 1. The summed E-state index contributed by atoms with van der Waals surface area (Å²) in [6.07, 6.45) is 3.12. The van der Waals surface area contributed by atoms with E-state index in [1.807, 2.05) is 20.2 Å². The average molecular weight is 280 g/mol. The normalized spacial score (nSPS) is 11.9. The first kappa shape index (κ1) is 14.5. The van der Waals surface area contributed by atoms with Crippen LogP contribution >= 0.6 is 11.6 Å². The zero-order valence-corrected chi connectivity index (χ0v) is 11.7. The van der Waals surface area contributed by atoms with Gasteiger partial charge in [0, 0.05) is 31.2 Å². The summed E-state index contributed by atoms with van der Waals surface area (Å²) in [5, 5.41) is 4.15. The zero-order valence-electron chi connectivity index (χ0n) is 10.1. The van der Waals surface area contributed by atoms with Crippen molar-refractivity contribution in [3.8, 4) is 0 Å². The van der Waals surface area contributed by atoms with Crippen molar-refractivity contribution >= 4 is 21.6 Å². The molecule has 0 atom stereocenters. The van der Waals surface area contributed by atoms with Gasteiger partial charge in [-0.25, -0.2) is 13.1 Å². The van der Waals surface area contributed by atoms with Crippen LogP contribution < -0.4 is 4.72 Å². The van der Waals surface area contributed by atoms with Gasteiger partial charge in [0.15, 0.2) is 0 Å². The van der Waals surface area contributed by atoms with E-state index in [4.69, 9.17) is 11.6 Å². The van der Waals surface area contributed by atoms with Crippen molar-refractivity contribution in [1.82, 2.24) is 14.5 Å². The standard InChI is InChI=1S/C10H18ClN3O2S/c1-9-10(8-14(2)13-9)7-12-17(15,16)6-4-3-5-11/h8,12H,3-7H2,1-2H3. The van der Waals surface area contributed by atoms with Crippen LogP contribution in [0.15, 0.2) is 6.20 Å². The molecular formula is C10H18ClN3O2S. The van der Waals surface area contributed by atoms with Crippen LogP contribution in [0.2, 0.25) is 0 Å². The molecule has 0 saturated carbocycles. The van der Waals surface area contributed by atoms with Gasteiger partial charge in [0.05, 0.1) is 11.4 Å². The number of aryl methyl sites for hydroxylation is 2. The van der Waals surface area contributed by atoms with Crippen LogP contribution in [0.25, 0.3) is 0 Å². The Hall–Kier alpha value is -0.590. The quantitative estimate of drug-likeness (QED) is 0.602. The Balaban J connectivity index is 2.47. The van der Waals surface area contributed by atoms with Crippen molar-refractivity contribution in [2.24, 2.45) is 7.05 Å². The van der Waals surface area contributed by atoms with E-state index in [-0.39, 0.29) is 5.75 Å². The minimum atomic E-state index is -3.21. The third-order valence-corrected chi connectivity index (χ3v) is 4.07. The van der Waals surface area contributed by atoms with Crippen LogP contribution in [0.1, 0.15) is 24.1 Å². The van der Waals surface area contributed by atoms with E-state index in [0.29, 0.717) is 25.3 Å². The highest BCUT2D eigenvalue weighted by molar-refractivity contribution is 7.89. The molecule has 1 N–H and O–H groups in total. The lowest BCUT2D eigenvalue weighted by Gasteiger charge is -2.05. The first-order valence-electron chi connectivity index (χ1n) is 5.47. The molecule has 0 aliphatic rings. The topological polar surface area (TPSA) is 64.0 Å². The van der Waals surface area contributed by atoms with Gasteiger partial charge in [-0.15, -0.1) is 11.6 Å². The van der Waals surface area contributed by atoms with Crippen molar-refractivity contribution in [2.45, 2.75) is 26.3 Å². The Morgan fingerprint density at radius 3 is 2.71 bits per heavy atom. The minimum absolute atomic E-state index is 0.124. The maximum Gasteiger partial charge on any atom is 0.211 e. The van der Waals surface area contributed by atoms with E-state index in [2.05, 4.69) is 9.82 Å². The van der Waals surface area contributed by atoms with Crippen molar-refractivity contribution < 1.29 is 8.42 Å². The summed E-state index contributed by atoms with van der Waals surface area (Å²) in [6, 6.07) is 0. The first-order valence-corrected chi connectivity index (χ1v) is 7.65. The molecule has 0 radical (unpaired) electrons. The lowest BCUT2D eigenvalue weighted by molar-refractivity contribution is 0.578. The summed E-state index contributed by atoms with van der Waals surface area (Å²) in [5.74, 6) is 0.621. The zero-order chi connectivity index (χ0) is 12.9. The molecule has 0 saturated heterocycles. The van der Waals surface area contributed by atoms with Gasteiger partial charge >= 0.3 is 0 Å². The van der Waals surface area contributed by atoms with Gasteiger partial charge < -0.3 is 0 Å². The second kappa shape index (κ2) is 6.37. The summed E-state index contributed by atoms with van der Waals surface area (Å²) in [6.45, 7) is 2.15. The highest BCUT2D eigenvalue weighted by atomic mass is 35.5. The van der Waals surface area contributed by atoms with Crippen molar-refractivity contribution in [1.29, 1.82) is 0 Å². The van der Waals surface area contributed by atoms with E-state index in [1.54, 1.807) is 4.68 Å². The average Bonchev–Trinajstić information content (AvgIpc) is 2.55. The monoisotopic (exact) mass is 279 g/mol.